The summed E-state index contributed by atoms with van der Waals surface area (Å²) in [5, 5.41) is 0. The van der Waals surface area contributed by atoms with Gasteiger partial charge in [-0.25, -0.2) is 0 Å². The molecule has 0 aromatic heterocycles. The molecule has 0 spiro atoms. The predicted octanol–water partition coefficient (Wildman–Crippen LogP) is 4.14. The Bertz CT molecular complexity index is 704. The minimum Gasteiger partial charge on any atom is -0.379 e. The van der Waals surface area contributed by atoms with Crippen LogP contribution in [0, 0.1) is 0 Å². The second-order valence-corrected chi connectivity index (χ2v) is 7.16. The molecule has 4 heteroatoms. The molecule has 112 valence electrons. The van der Waals surface area contributed by atoms with Crippen molar-refractivity contribution >= 4 is 10.1 Å². The molecule has 2 aromatic rings. The predicted molar refractivity (Wildman–Crippen MR) is 84.0 cm³/mol. The lowest BCUT2D eigenvalue weighted by molar-refractivity contribution is 0.478. The van der Waals surface area contributed by atoms with Crippen LogP contribution in [0.1, 0.15) is 32.8 Å². The van der Waals surface area contributed by atoms with E-state index in [2.05, 4.69) is 20.8 Å². The molecule has 2 rings (SSSR count). The minimum absolute atomic E-state index is 0.0180. The van der Waals surface area contributed by atoms with Crippen LogP contribution in [0.5, 0.6) is 5.75 Å². The summed E-state index contributed by atoms with van der Waals surface area (Å²) < 4.78 is 29.7. The van der Waals surface area contributed by atoms with Crippen molar-refractivity contribution < 1.29 is 12.6 Å². The molecule has 0 aliphatic rings. The van der Waals surface area contributed by atoms with Crippen molar-refractivity contribution in [2.45, 2.75) is 37.5 Å². The van der Waals surface area contributed by atoms with Gasteiger partial charge in [0.25, 0.3) is 0 Å². The van der Waals surface area contributed by atoms with E-state index in [1.165, 1.54) is 12.1 Å². The fourth-order valence-corrected chi connectivity index (χ4v) is 2.88. The molecule has 3 nitrogen and oxygen atoms in total. The Kier molecular flexibility index (Phi) is 4.37. The Morgan fingerprint density at radius 1 is 1.00 bits per heavy atom. The van der Waals surface area contributed by atoms with Crippen molar-refractivity contribution in [2.24, 2.45) is 0 Å². The molecule has 0 radical (unpaired) electrons. The first-order valence-corrected chi connectivity index (χ1v) is 8.36. The summed E-state index contributed by atoms with van der Waals surface area (Å²) >= 11 is 0. The first kappa shape index (κ1) is 15.6. The van der Waals surface area contributed by atoms with Gasteiger partial charge in [-0.1, -0.05) is 51.1 Å². The monoisotopic (exact) mass is 304 g/mol. The standard InChI is InChI=1S/C17H20O3S/c1-4-17(2,3)14-9-8-10-15(13-14)20-21(18,19)16-11-6-5-7-12-16/h5-13H,4H2,1-3H3. The summed E-state index contributed by atoms with van der Waals surface area (Å²) in [5.74, 6) is 0.345. The van der Waals surface area contributed by atoms with Gasteiger partial charge in [-0.15, -0.1) is 0 Å². The van der Waals surface area contributed by atoms with Crippen molar-refractivity contribution in [3.8, 4) is 5.75 Å². The summed E-state index contributed by atoms with van der Waals surface area (Å²) in [6.07, 6.45) is 0.960. The molecule has 0 bridgehead atoms. The molecular weight excluding hydrogens is 284 g/mol. The molecule has 0 atom stereocenters. The van der Waals surface area contributed by atoms with E-state index >= 15 is 0 Å². The van der Waals surface area contributed by atoms with E-state index in [1.807, 2.05) is 12.1 Å². The SMILES string of the molecule is CCC(C)(C)c1cccc(OS(=O)(=O)c2ccccc2)c1. The van der Waals surface area contributed by atoms with Crippen LogP contribution in [0.15, 0.2) is 59.5 Å². The van der Waals surface area contributed by atoms with Crippen LogP contribution >= 0.6 is 0 Å². The normalized spacial score (nSPS) is 12.1. The zero-order valence-electron chi connectivity index (χ0n) is 12.5. The molecule has 0 aliphatic carbocycles. The van der Waals surface area contributed by atoms with E-state index in [0.717, 1.165) is 12.0 Å². The van der Waals surface area contributed by atoms with Crippen LogP contribution in [-0.4, -0.2) is 8.42 Å². The van der Waals surface area contributed by atoms with E-state index in [9.17, 15) is 8.42 Å². The van der Waals surface area contributed by atoms with Gasteiger partial charge in [0.05, 0.1) is 0 Å². The van der Waals surface area contributed by atoms with Gasteiger partial charge in [0.2, 0.25) is 0 Å². The number of rotatable bonds is 5. The summed E-state index contributed by atoms with van der Waals surface area (Å²) in [6, 6.07) is 15.4. The molecular formula is C17H20O3S. The molecule has 0 fully saturated rings. The van der Waals surface area contributed by atoms with Crippen molar-refractivity contribution in [2.75, 3.05) is 0 Å². The van der Waals surface area contributed by atoms with Gasteiger partial charge in [-0.05, 0) is 41.7 Å². The minimum atomic E-state index is -3.78. The van der Waals surface area contributed by atoms with Gasteiger partial charge in [0.15, 0.2) is 0 Å². The van der Waals surface area contributed by atoms with Gasteiger partial charge >= 0.3 is 10.1 Å². The van der Waals surface area contributed by atoms with Crippen LogP contribution in [0.3, 0.4) is 0 Å². The van der Waals surface area contributed by atoms with E-state index in [4.69, 9.17) is 4.18 Å². The third-order valence-electron chi connectivity index (χ3n) is 3.74. The second-order valence-electron chi connectivity index (χ2n) is 5.62. The summed E-state index contributed by atoms with van der Waals surface area (Å²) in [7, 11) is -3.78. The first-order chi connectivity index (χ1) is 9.85. The average molecular weight is 304 g/mol. The zero-order chi connectivity index (χ0) is 15.5. The van der Waals surface area contributed by atoms with Crippen LogP contribution in [0.4, 0.5) is 0 Å². The Balaban J connectivity index is 2.31. The zero-order valence-corrected chi connectivity index (χ0v) is 13.4. The second kappa shape index (κ2) is 5.90. The molecule has 0 aliphatic heterocycles. The Morgan fingerprint density at radius 3 is 2.29 bits per heavy atom. The number of benzene rings is 2. The summed E-state index contributed by atoms with van der Waals surface area (Å²) in [5.41, 5.74) is 1.04. The van der Waals surface area contributed by atoms with Gasteiger partial charge in [-0.2, -0.15) is 8.42 Å². The van der Waals surface area contributed by atoms with Gasteiger partial charge < -0.3 is 4.18 Å². The van der Waals surface area contributed by atoms with Crippen molar-refractivity contribution in [1.29, 1.82) is 0 Å². The lowest BCUT2D eigenvalue weighted by atomic mass is 9.82. The van der Waals surface area contributed by atoms with Crippen LogP contribution in [-0.2, 0) is 15.5 Å². The highest BCUT2D eigenvalue weighted by molar-refractivity contribution is 7.87. The number of hydrogen-bond acceptors (Lipinski definition) is 3. The van der Waals surface area contributed by atoms with Crippen LogP contribution in [0.25, 0.3) is 0 Å². The number of hydrogen-bond donors (Lipinski definition) is 0. The first-order valence-electron chi connectivity index (χ1n) is 6.95. The highest BCUT2D eigenvalue weighted by Crippen LogP contribution is 2.30. The average Bonchev–Trinajstić information content (AvgIpc) is 2.48. The van der Waals surface area contributed by atoms with Gasteiger partial charge in [-0.3, -0.25) is 0 Å². The molecule has 2 aromatic carbocycles. The Labute approximate surface area is 126 Å². The van der Waals surface area contributed by atoms with Crippen LogP contribution in [0.2, 0.25) is 0 Å². The largest absolute Gasteiger partial charge is 0.379 e. The molecule has 21 heavy (non-hydrogen) atoms. The van der Waals surface area contributed by atoms with E-state index in [1.54, 1.807) is 30.3 Å². The van der Waals surface area contributed by atoms with E-state index < -0.39 is 10.1 Å². The third kappa shape index (κ3) is 3.64. The van der Waals surface area contributed by atoms with Crippen LogP contribution < -0.4 is 4.18 Å². The third-order valence-corrected chi connectivity index (χ3v) is 5.00. The Morgan fingerprint density at radius 2 is 1.67 bits per heavy atom. The van der Waals surface area contributed by atoms with E-state index in [0.29, 0.717) is 5.75 Å². The molecule has 0 saturated heterocycles. The van der Waals surface area contributed by atoms with Crippen molar-refractivity contribution in [1.82, 2.24) is 0 Å². The van der Waals surface area contributed by atoms with Crippen molar-refractivity contribution in [3.05, 3.63) is 60.2 Å². The lowest BCUT2D eigenvalue weighted by Gasteiger charge is -2.23. The fourth-order valence-electron chi connectivity index (χ4n) is 1.93. The van der Waals surface area contributed by atoms with Gasteiger partial charge in [0, 0.05) is 0 Å². The molecule has 0 N–H and O–H groups in total. The quantitative estimate of drug-likeness (QED) is 0.780. The maximum absolute atomic E-state index is 12.2. The van der Waals surface area contributed by atoms with Gasteiger partial charge in [0.1, 0.15) is 10.6 Å². The molecule has 0 heterocycles. The maximum atomic E-state index is 12.2. The summed E-state index contributed by atoms with van der Waals surface area (Å²) in [4.78, 5) is 0.158. The Hall–Kier alpha value is -1.81. The topological polar surface area (TPSA) is 43.4 Å². The van der Waals surface area contributed by atoms with E-state index in [-0.39, 0.29) is 10.3 Å². The molecule has 0 unspecified atom stereocenters. The highest BCUT2D eigenvalue weighted by Gasteiger charge is 2.20. The fraction of sp³-hybridized carbons (Fsp3) is 0.294. The maximum Gasteiger partial charge on any atom is 0.339 e. The molecule has 0 amide bonds. The highest BCUT2D eigenvalue weighted by atomic mass is 32.2. The summed E-state index contributed by atoms with van der Waals surface area (Å²) in [6.45, 7) is 6.35. The smallest absolute Gasteiger partial charge is 0.339 e. The van der Waals surface area contributed by atoms with Crippen molar-refractivity contribution in [3.63, 3.8) is 0 Å². The lowest BCUT2D eigenvalue weighted by Crippen LogP contribution is -2.16. The molecule has 0 saturated carbocycles.